The molecule has 1 aliphatic rings. The number of carbonyl (C=O) groups excluding carboxylic acids is 1. The predicted octanol–water partition coefficient (Wildman–Crippen LogP) is 3.77. The van der Waals surface area contributed by atoms with E-state index in [2.05, 4.69) is 6.92 Å². The van der Waals surface area contributed by atoms with Crippen molar-refractivity contribution >= 4 is 5.91 Å². The fraction of sp³-hybridized carbons (Fsp3) is 0.350. The Morgan fingerprint density at radius 1 is 1.17 bits per heavy atom. The highest BCUT2D eigenvalue weighted by atomic mass is 16.5. The van der Waals surface area contributed by atoms with Gasteiger partial charge in [0, 0.05) is 23.7 Å². The average molecular weight is 325 g/mol. The fourth-order valence-corrected chi connectivity index (χ4v) is 3.44. The van der Waals surface area contributed by atoms with Crippen molar-refractivity contribution in [2.24, 2.45) is 0 Å². The highest BCUT2D eigenvalue weighted by molar-refractivity contribution is 5.95. The molecule has 2 aromatic rings. The van der Waals surface area contributed by atoms with Crippen LogP contribution in [0.15, 0.2) is 36.4 Å². The van der Waals surface area contributed by atoms with Crippen LogP contribution in [-0.2, 0) is 6.42 Å². The van der Waals surface area contributed by atoms with Gasteiger partial charge in [0.15, 0.2) is 0 Å². The first-order valence-corrected chi connectivity index (χ1v) is 8.17. The molecule has 1 unspecified atom stereocenters. The first-order valence-electron chi connectivity index (χ1n) is 8.17. The number of carbonyl (C=O) groups is 1. The molecule has 2 aromatic carbocycles. The molecule has 0 aliphatic carbocycles. The molecule has 0 saturated carbocycles. The third kappa shape index (κ3) is 2.84. The van der Waals surface area contributed by atoms with Crippen molar-refractivity contribution < 1.29 is 14.3 Å². The van der Waals surface area contributed by atoms with Gasteiger partial charge in [0.05, 0.1) is 20.3 Å². The van der Waals surface area contributed by atoms with Crippen LogP contribution >= 0.6 is 0 Å². The van der Waals surface area contributed by atoms with Crippen molar-refractivity contribution in [3.63, 3.8) is 0 Å². The third-order valence-corrected chi connectivity index (χ3v) is 4.69. The molecule has 3 rings (SSSR count). The quantitative estimate of drug-likeness (QED) is 0.862. The number of methoxy groups -OCH3 is 2. The number of aryl methyl sites for hydroxylation is 1. The Hall–Kier alpha value is -2.49. The van der Waals surface area contributed by atoms with Crippen LogP contribution in [0.3, 0.4) is 0 Å². The van der Waals surface area contributed by atoms with Crippen LogP contribution in [0, 0.1) is 6.92 Å². The molecule has 0 aromatic heterocycles. The Morgan fingerprint density at radius 3 is 2.62 bits per heavy atom. The van der Waals surface area contributed by atoms with E-state index in [-0.39, 0.29) is 11.9 Å². The van der Waals surface area contributed by atoms with Crippen LogP contribution in [0.1, 0.15) is 40.0 Å². The first kappa shape index (κ1) is 16.4. The zero-order valence-electron chi connectivity index (χ0n) is 14.6. The second-order valence-corrected chi connectivity index (χ2v) is 6.20. The van der Waals surface area contributed by atoms with Crippen LogP contribution in [-0.4, -0.2) is 31.6 Å². The Bertz CT molecular complexity index is 752. The van der Waals surface area contributed by atoms with Gasteiger partial charge in [-0.05, 0) is 44.0 Å². The second-order valence-electron chi connectivity index (χ2n) is 6.20. The van der Waals surface area contributed by atoms with Crippen molar-refractivity contribution in [2.45, 2.75) is 26.3 Å². The lowest BCUT2D eigenvalue weighted by molar-refractivity contribution is 0.0675. The highest BCUT2D eigenvalue weighted by Crippen LogP contribution is 2.39. The smallest absolute Gasteiger partial charge is 0.254 e. The summed E-state index contributed by atoms with van der Waals surface area (Å²) in [6.45, 7) is 4.75. The summed E-state index contributed by atoms with van der Waals surface area (Å²) in [5.74, 6) is 1.63. The number of nitrogens with zero attached hydrogens (tertiary/aromatic N) is 1. The number of benzene rings is 2. The molecular weight excluding hydrogens is 302 g/mol. The number of amides is 1. The van der Waals surface area contributed by atoms with Crippen molar-refractivity contribution in [2.75, 3.05) is 20.8 Å². The van der Waals surface area contributed by atoms with E-state index in [1.807, 2.05) is 48.2 Å². The lowest BCUT2D eigenvalue weighted by Crippen LogP contribution is -2.39. The van der Waals surface area contributed by atoms with E-state index in [9.17, 15) is 4.79 Å². The minimum Gasteiger partial charge on any atom is -0.497 e. The Balaban J connectivity index is 1.97. The number of hydrogen-bond acceptors (Lipinski definition) is 3. The molecule has 24 heavy (non-hydrogen) atoms. The van der Waals surface area contributed by atoms with Gasteiger partial charge in [0.2, 0.25) is 0 Å². The van der Waals surface area contributed by atoms with E-state index in [4.69, 9.17) is 9.47 Å². The first-order chi connectivity index (χ1) is 11.5. The molecule has 0 N–H and O–H groups in total. The molecule has 1 atom stereocenters. The number of ether oxygens (including phenoxy) is 2. The average Bonchev–Trinajstić information content (AvgIpc) is 2.60. The standard InChI is InChI=1S/C20H23NO3/c1-13-6-5-7-16(10-13)20(22)21-9-8-15-11-17(23-3)12-18(24-4)19(15)14(21)2/h5-7,10-12,14H,8-9H2,1-4H3. The zero-order chi connectivity index (χ0) is 17.3. The highest BCUT2D eigenvalue weighted by Gasteiger charge is 2.31. The molecule has 1 aliphatic heterocycles. The number of rotatable bonds is 3. The van der Waals surface area contributed by atoms with Gasteiger partial charge < -0.3 is 14.4 Å². The van der Waals surface area contributed by atoms with E-state index in [1.165, 1.54) is 5.56 Å². The maximum absolute atomic E-state index is 13.0. The lowest BCUT2D eigenvalue weighted by atomic mass is 9.91. The number of hydrogen-bond donors (Lipinski definition) is 0. The van der Waals surface area contributed by atoms with Crippen molar-refractivity contribution in [3.05, 3.63) is 58.7 Å². The minimum atomic E-state index is -0.0392. The molecule has 4 heteroatoms. The monoisotopic (exact) mass is 325 g/mol. The predicted molar refractivity (Wildman–Crippen MR) is 93.9 cm³/mol. The topological polar surface area (TPSA) is 38.8 Å². The van der Waals surface area contributed by atoms with Crippen molar-refractivity contribution in [1.82, 2.24) is 4.90 Å². The van der Waals surface area contributed by atoms with E-state index < -0.39 is 0 Å². The van der Waals surface area contributed by atoms with Gasteiger partial charge in [-0.2, -0.15) is 0 Å². The Kier molecular flexibility index (Phi) is 4.47. The number of fused-ring (bicyclic) bond motifs is 1. The Labute approximate surface area is 143 Å². The van der Waals surface area contributed by atoms with Crippen LogP contribution < -0.4 is 9.47 Å². The van der Waals surface area contributed by atoms with E-state index >= 15 is 0 Å². The van der Waals surface area contributed by atoms with Crippen molar-refractivity contribution in [1.29, 1.82) is 0 Å². The maximum Gasteiger partial charge on any atom is 0.254 e. The molecular formula is C20H23NO3. The van der Waals surface area contributed by atoms with Gasteiger partial charge in [-0.3, -0.25) is 4.79 Å². The van der Waals surface area contributed by atoms with Gasteiger partial charge in [0.1, 0.15) is 11.5 Å². The molecule has 1 heterocycles. The second kappa shape index (κ2) is 6.56. The SMILES string of the molecule is COc1cc2c(c(OC)c1)C(C)N(C(=O)c1cccc(C)c1)CC2. The van der Waals surface area contributed by atoms with Crippen LogP contribution in [0.2, 0.25) is 0 Å². The summed E-state index contributed by atoms with van der Waals surface area (Å²) in [5, 5.41) is 0. The normalized spacial score (nSPS) is 16.5. The summed E-state index contributed by atoms with van der Waals surface area (Å²) >= 11 is 0. The molecule has 1 amide bonds. The van der Waals surface area contributed by atoms with E-state index in [0.717, 1.165) is 34.6 Å². The fourth-order valence-electron chi connectivity index (χ4n) is 3.44. The minimum absolute atomic E-state index is 0.0392. The van der Waals surface area contributed by atoms with Crippen LogP contribution in [0.25, 0.3) is 0 Å². The zero-order valence-corrected chi connectivity index (χ0v) is 14.6. The summed E-state index contributed by atoms with van der Waals surface area (Å²) in [7, 11) is 3.31. The molecule has 4 nitrogen and oxygen atoms in total. The van der Waals surface area contributed by atoms with E-state index in [0.29, 0.717) is 6.54 Å². The van der Waals surface area contributed by atoms with Gasteiger partial charge >= 0.3 is 0 Å². The Morgan fingerprint density at radius 2 is 1.96 bits per heavy atom. The summed E-state index contributed by atoms with van der Waals surface area (Å²) in [5.41, 5.74) is 4.09. The van der Waals surface area contributed by atoms with Gasteiger partial charge in [-0.25, -0.2) is 0 Å². The van der Waals surface area contributed by atoms with Gasteiger partial charge in [-0.15, -0.1) is 0 Å². The van der Waals surface area contributed by atoms with Crippen molar-refractivity contribution in [3.8, 4) is 11.5 Å². The molecule has 0 radical (unpaired) electrons. The van der Waals surface area contributed by atoms with E-state index in [1.54, 1.807) is 14.2 Å². The van der Waals surface area contributed by atoms with Crippen LogP contribution in [0.4, 0.5) is 0 Å². The van der Waals surface area contributed by atoms with Gasteiger partial charge in [0.25, 0.3) is 5.91 Å². The molecule has 0 saturated heterocycles. The lowest BCUT2D eigenvalue weighted by Gasteiger charge is -2.36. The molecule has 0 bridgehead atoms. The molecule has 126 valence electrons. The molecule has 0 fully saturated rings. The molecule has 0 spiro atoms. The summed E-state index contributed by atoms with van der Waals surface area (Å²) < 4.78 is 10.9. The van der Waals surface area contributed by atoms with Gasteiger partial charge in [-0.1, -0.05) is 17.7 Å². The summed E-state index contributed by atoms with van der Waals surface area (Å²) in [6, 6.07) is 11.6. The summed E-state index contributed by atoms with van der Waals surface area (Å²) in [4.78, 5) is 14.9. The largest absolute Gasteiger partial charge is 0.497 e. The maximum atomic E-state index is 13.0. The third-order valence-electron chi connectivity index (χ3n) is 4.69. The van der Waals surface area contributed by atoms with Crippen LogP contribution in [0.5, 0.6) is 11.5 Å². The summed E-state index contributed by atoms with van der Waals surface area (Å²) in [6.07, 6.45) is 0.796.